The lowest BCUT2D eigenvalue weighted by Gasteiger charge is -2.02. The van der Waals surface area contributed by atoms with Gasteiger partial charge < -0.3 is 0 Å². The first-order valence-electron chi connectivity index (χ1n) is 4.67. The first-order chi connectivity index (χ1) is 6.13. The van der Waals surface area contributed by atoms with E-state index in [4.69, 9.17) is 11.6 Å². The molecule has 0 aliphatic carbocycles. The molecule has 4 heteroatoms. The highest BCUT2D eigenvalue weighted by Gasteiger charge is 2.09. The van der Waals surface area contributed by atoms with Gasteiger partial charge in [-0.25, -0.2) is 0 Å². The standard InChI is InChI=1S/C9H16ClN3/c1-4-8(10)9-6-13(12-11-9)5-7(2)3/h6-8H,4-5H2,1-3H3. The number of nitrogens with zero attached hydrogens (tertiary/aromatic N) is 3. The molecule has 0 N–H and O–H groups in total. The number of rotatable bonds is 4. The van der Waals surface area contributed by atoms with Gasteiger partial charge in [-0.2, -0.15) is 0 Å². The van der Waals surface area contributed by atoms with Gasteiger partial charge in [0.15, 0.2) is 0 Å². The first kappa shape index (κ1) is 10.5. The predicted octanol–water partition coefficient (Wildman–Crippen LogP) is 2.62. The van der Waals surface area contributed by atoms with Crippen molar-refractivity contribution in [3.8, 4) is 0 Å². The molecule has 0 saturated carbocycles. The number of aromatic nitrogens is 3. The molecule has 0 bridgehead atoms. The van der Waals surface area contributed by atoms with Crippen molar-refractivity contribution in [3.05, 3.63) is 11.9 Å². The summed E-state index contributed by atoms with van der Waals surface area (Å²) >= 11 is 6.02. The third-order valence-electron chi connectivity index (χ3n) is 1.79. The molecule has 3 nitrogen and oxygen atoms in total. The number of halogens is 1. The highest BCUT2D eigenvalue weighted by Crippen LogP contribution is 2.20. The molecule has 1 atom stereocenters. The number of alkyl halides is 1. The number of hydrogen-bond donors (Lipinski definition) is 0. The van der Waals surface area contributed by atoms with E-state index >= 15 is 0 Å². The minimum Gasteiger partial charge on any atom is -0.252 e. The molecular formula is C9H16ClN3. The highest BCUT2D eigenvalue weighted by atomic mass is 35.5. The zero-order valence-corrected chi connectivity index (χ0v) is 9.12. The summed E-state index contributed by atoms with van der Waals surface area (Å²) < 4.78 is 1.85. The second kappa shape index (κ2) is 4.61. The monoisotopic (exact) mass is 201 g/mol. The summed E-state index contributed by atoms with van der Waals surface area (Å²) in [6.45, 7) is 7.25. The molecule has 0 fully saturated rings. The van der Waals surface area contributed by atoms with E-state index in [0.717, 1.165) is 18.7 Å². The molecule has 0 aromatic carbocycles. The van der Waals surface area contributed by atoms with Gasteiger partial charge in [-0.3, -0.25) is 4.68 Å². The van der Waals surface area contributed by atoms with Crippen LogP contribution in [0.2, 0.25) is 0 Å². The molecule has 1 aromatic heterocycles. The van der Waals surface area contributed by atoms with Crippen molar-refractivity contribution in [1.29, 1.82) is 0 Å². The summed E-state index contributed by atoms with van der Waals surface area (Å²) in [7, 11) is 0. The van der Waals surface area contributed by atoms with Crippen LogP contribution in [0.25, 0.3) is 0 Å². The maximum Gasteiger partial charge on any atom is 0.100 e. The quantitative estimate of drug-likeness (QED) is 0.702. The molecule has 1 heterocycles. The van der Waals surface area contributed by atoms with Gasteiger partial charge in [-0.15, -0.1) is 16.7 Å². The van der Waals surface area contributed by atoms with E-state index in [0.29, 0.717) is 5.92 Å². The lowest BCUT2D eigenvalue weighted by molar-refractivity contribution is 0.472. The Morgan fingerprint density at radius 2 is 2.23 bits per heavy atom. The molecular weight excluding hydrogens is 186 g/mol. The fourth-order valence-corrected chi connectivity index (χ4v) is 1.23. The van der Waals surface area contributed by atoms with Gasteiger partial charge in [0, 0.05) is 12.7 Å². The molecule has 0 aliphatic rings. The van der Waals surface area contributed by atoms with Crippen molar-refractivity contribution < 1.29 is 0 Å². The van der Waals surface area contributed by atoms with Gasteiger partial charge in [0.05, 0.1) is 5.38 Å². The van der Waals surface area contributed by atoms with Gasteiger partial charge in [0.2, 0.25) is 0 Å². The van der Waals surface area contributed by atoms with Crippen molar-refractivity contribution in [2.45, 2.75) is 39.1 Å². The average molecular weight is 202 g/mol. The van der Waals surface area contributed by atoms with Crippen LogP contribution in [0.4, 0.5) is 0 Å². The van der Waals surface area contributed by atoms with Gasteiger partial charge in [0.25, 0.3) is 0 Å². The van der Waals surface area contributed by atoms with Crippen LogP contribution in [0.1, 0.15) is 38.3 Å². The van der Waals surface area contributed by atoms with Crippen LogP contribution in [0.5, 0.6) is 0 Å². The summed E-state index contributed by atoms with van der Waals surface area (Å²) in [5, 5.41) is 8.03. The van der Waals surface area contributed by atoms with Crippen molar-refractivity contribution in [2.24, 2.45) is 5.92 Å². The molecule has 0 spiro atoms. The second-order valence-electron chi connectivity index (χ2n) is 3.64. The molecule has 0 aliphatic heterocycles. The third-order valence-corrected chi connectivity index (χ3v) is 2.32. The predicted molar refractivity (Wildman–Crippen MR) is 53.7 cm³/mol. The smallest absolute Gasteiger partial charge is 0.100 e. The molecule has 13 heavy (non-hydrogen) atoms. The lowest BCUT2D eigenvalue weighted by atomic mass is 10.2. The minimum atomic E-state index is 0.000845. The average Bonchev–Trinajstić information content (AvgIpc) is 2.50. The third kappa shape index (κ3) is 2.99. The fourth-order valence-electron chi connectivity index (χ4n) is 1.13. The Kier molecular flexibility index (Phi) is 3.72. The van der Waals surface area contributed by atoms with Crippen LogP contribution < -0.4 is 0 Å². The zero-order chi connectivity index (χ0) is 9.84. The molecule has 1 aromatic rings. The Morgan fingerprint density at radius 3 is 2.77 bits per heavy atom. The highest BCUT2D eigenvalue weighted by molar-refractivity contribution is 6.20. The van der Waals surface area contributed by atoms with Crippen molar-refractivity contribution in [1.82, 2.24) is 15.0 Å². The van der Waals surface area contributed by atoms with Crippen LogP contribution in [0.3, 0.4) is 0 Å². The molecule has 1 rings (SSSR count). The van der Waals surface area contributed by atoms with Gasteiger partial charge in [-0.05, 0) is 12.3 Å². The van der Waals surface area contributed by atoms with E-state index in [1.54, 1.807) is 0 Å². The van der Waals surface area contributed by atoms with E-state index in [2.05, 4.69) is 24.2 Å². The van der Waals surface area contributed by atoms with Crippen molar-refractivity contribution in [2.75, 3.05) is 0 Å². The Balaban J connectivity index is 2.63. The van der Waals surface area contributed by atoms with Crippen LogP contribution in [-0.4, -0.2) is 15.0 Å². The van der Waals surface area contributed by atoms with Gasteiger partial charge >= 0.3 is 0 Å². The molecule has 1 unspecified atom stereocenters. The van der Waals surface area contributed by atoms with Crippen LogP contribution in [-0.2, 0) is 6.54 Å². The topological polar surface area (TPSA) is 30.7 Å². The summed E-state index contributed by atoms with van der Waals surface area (Å²) in [6.07, 6.45) is 2.82. The van der Waals surface area contributed by atoms with Crippen LogP contribution in [0.15, 0.2) is 6.20 Å². The Bertz CT molecular complexity index is 257. The molecule has 0 radical (unpaired) electrons. The van der Waals surface area contributed by atoms with Crippen molar-refractivity contribution >= 4 is 11.6 Å². The van der Waals surface area contributed by atoms with Crippen LogP contribution in [0, 0.1) is 5.92 Å². The summed E-state index contributed by atoms with van der Waals surface area (Å²) in [6, 6.07) is 0. The Hall–Kier alpha value is -0.570. The summed E-state index contributed by atoms with van der Waals surface area (Å²) in [5.41, 5.74) is 0.879. The maximum atomic E-state index is 6.02. The van der Waals surface area contributed by atoms with Gasteiger partial charge in [-0.1, -0.05) is 26.0 Å². The van der Waals surface area contributed by atoms with Gasteiger partial charge in [0.1, 0.15) is 5.69 Å². The van der Waals surface area contributed by atoms with E-state index in [-0.39, 0.29) is 5.38 Å². The maximum absolute atomic E-state index is 6.02. The summed E-state index contributed by atoms with van der Waals surface area (Å²) in [4.78, 5) is 0. The van der Waals surface area contributed by atoms with E-state index in [1.165, 1.54) is 0 Å². The summed E-state index contributed by atoms with van der Waals surface area (Å²) in [5.74, 6) is 0.588. The van der Waals surface area contributed by atoms with Crippen molar-refractivity contribution in [3.63, 3.8) is 0 Å². The fraction of sp³-hybridized carbons (Fsp3) is 0.778. The minimum absolute atomic E-state index is 0.000845. The van der Waals surface area contributed by atoms with Crippen LogP contribution >= 0.6 is 11.6 Å². The molecule has 0 saturated heterocycles. The Labute approximate surface area is 84.1 Å². The van der Waals surface area contributed by atoms with E-state index < -0.39 is 0 Å². The molecule has 0 amide bonds. The van der Waals surface area contributed by atoms with E-state index in [1.807, 2.05) is 17.8 Å². The lowest BCUT2D eigenvalue weighted by Crippen LogP contribution is -2.04. The zero-order valence-electron chi connectivity index (χ0n) is 8.37. The Morgan fingerprint density at radius 1 is 1.54 bits per heavy atom. The normalized spacial score (nSPS) is 13.6. The SMILES string of the molecule is CCC(Cl)c1cn(CC(C)C)nn1. The largest absolute Gasteiger partial charge is 0.252 e. The molecule has 74 valence electrons. The number of hydrogen-bond acceptors (Lipinski definition) is 2. The first-order valence-corrected chi connectivity index (χ1v) is 5.11. The second-order valence-corrected chi connectivity index (χ2v) is 4.16. The van der Waals surface area contributed by atoms with E-state index in [9.17, 15) is 0 Å².